The Kier molecular flexibility index (Phi) is 3.84. The van der Waals surface area contributed by atoms with Gasteiger partial charge < -0.3 is 9.80 Å². The molecule has 2 amide bonds. The van der Waals surface area contributed by atoms with Crippen molar-refractivity contribution in [2.75, 3.05) is 18.1 Å². The van der Waals surface area contributed by atoms with E-state index in [2.05, 4.69) is 0 Å². The van der Waals surface area contributed by atoms with E-state index in [1.54, 1.807) is 4.90 Å². The summed E-state index contributed by atoms with van der Waals surface area (Å²) in [4.78, 5) is 28.8. The standard InChI is InChI=1S/C14H22N2O3S/c1-10-13(17)15-7-3-2-4-12(15)14(18)16(10)11-5-8-20(19)9-6-11/h10-12H,2-9H2,1H3. The van der Waals surface area contributed by atoms with Crippen LogP contribution < -0.4 is 0 Å². The fraction of sp³-hybridized carbons (Fsp3) is 0.857. The van der Waals surface area contributed by atoms with Crippen molar-refractivity contribution in [1.29, 1.82) is 0 Å². The molecule has 3 saturated heterocycles. The van der Waals surface area contributed by atoms with Crippen molar-refractivity contribution in [3.8, 4) is 0 Å². The molecular formula is C14H22N2O3S. The second-order valence-corrected chi connectivity index (χ2v) is 7.74. The zero-order valence-corrected chi connectivity index (χ0v) is 12.7. The molecule has 3 aliphatic rings. The molecule has 0 bridgehead atoms. The van der Waals surface area contributed by atoms with E-state index in [1.165, 1.54) is 0 Å². The zero-order chi connectivity index (χ0) is 14.3. The fourth-order valence-electron chi connectivity index (χ4n) is 3.73. The van der Waals surface area contributed by atoms with Crippen LogP contribution in [0, 0.1) is 0 Å². The molecule has 20 heavy (non-hydrogen) atoms. The van der Waals surface area contributed by atoms with E-state index < -0.39 is 10.8 Å². The van der Waals surface area contributed by atoms with Crippen LogP contribution in [0.15, 0.2) is 0 Å². The van der Waals surface area contributed by atoms with Crippen LogP contribution in [0.3, 0.4) is 0 Å². The highest BCUT2D eigenvalue weighted by atomic mass is 32.2. The van der Waals surface area contributed by atoms with E-state index in [0.29, 0.717) is 11.5 Å². The number of hydrogen-bond acceptors (Lipinski definition) is 3. The predicted molar refractivity (Wildman–Crippen MR) is 76.6 cm³/mol. The van der Waals surface area contributed by atoms with Gasteiger partial charge in [-0.3, -0.25) is 13.8 Å². The van der Waals surface area contributed by atoms with Gasteiger partial charge in [-0.05, 0) is 39.0 Å². The second kappa shape index (κ2) is 5.47. The molecule has 0 saturated carbocycles. The van der Waals surface area contributed by atoms with Crippen molar-refractivity contribution >= 4 is 22.6 Å². The van der Waals surface area contributed by atoms with Gasteiger partial charge in [0.25, 0.3) is 0 Å². The van der Waals surface area contributed by atoms with Gasteiger partial charge in [-0.2, -0.15) is 0 Å². The van der Waals surface area contributed by atoms with E-state index in [0.717, 1.165) is 38.6 Å². The number of piperazine rings is 1. The van der Waals surface area contributed by atoms with Crippen molar-refractivity contribution in [3.63, 3.8) is 0 Å². The van der Waals surface area contributed by atoms with Crippen molar-refractivity contribution in [3.05, 3.63) is 0 Å². The molecule has 3 rings (SSSR count). The molecular weight excluding hydrogens is 276 g/mol. The maximum atomic E-state index is 12.8. The van der Waals surface area contributed by atoms with Crippen LogP contribution in [0.1, 0.15) is 39.0 Å². The largest absolute Gasteiger partial charge is 0.329 e. The zero-order valence-electron chi connectivity index (χ0n) is 11.9. The van der Waals surface area contributed by atoms with Crippen LogP contribution >= 0.6 is 0 Å². The molecule has 0 aromatic carbocycles. The minimum atomic E-state index is -0.738. The Hall–Kier alpha value is -0.910. The first-order valence-corrected chi connectivity index (χ1v) is 9.06. The lowest BCUT2D eigenvalue weighted by Gasteiger charge is -2.49. The smallest absolute Gasteiger partial charge is 0.246 e. The van der Waals surface area contributed by atoms with E-state index in [4.69, 9.17) is 0 Å². The monoisotopic (exact) mass is 298 g/mol. The SMILES string of the molecule is CC1C(=O)N2CCCCC2C(=O)N1C1CCS(=O)CC1. The van der Waals surface area contributed by atoms with Gasteiger partial charge in [0.2, 0.25) is 11.8 Å². The lowest BCUT2D eigenvalue weighted by molar-refractivity contribution is -0.165. The van der Waals surface area contributed by atoms with Gasteiger partial charge >= 0.3 is 0 Å². The van der Waals surface area contributed by atoms with E-state index in [-0.39, 0.29) is 29.9 Å². The second-order valence-electron chi connectivity index (χ2n) is 6.04. The summed E-state index contributed by atoms with van der Waals surface area (Å²) in [5.74, 6) is 1.53. The van der Waals surface area contributed by atoms with Crippen molar-refractivity contribution in [1.82, 2.24) is 9.80 Å². The van der Waals surface area contributed by atoms with Crippen LogP contribution in [0.2, 0.25) is 0 Å². The molecule has 0 radical (unpaired) electrons. The van der Waals surface area contributed by atoms with Crippen LogP contribution in [0.25, 0.3) is 0 Å². The molecule has 0 aromatic rings. The van der Waals surface area contributed by atoms with Gasteiger partial charge in [-0.15, -0.1) is 0 Å². The number of amides is 2. The van der Waals surface area contributed by atoms with Crippen LogP contribution in [0.5, 0.6) is 0 Å². The molecule has 0 aliphatic carbocycles. The summed E-state index contributed by atoms with van der Waals surface area (Å²) in [5.41, 5.74) is 0. The molecule has 112 valence electrons. The number of carbonyl (C=O) groups is 2. The molecule has 2 unspecified atom stereocenters. The number of hydrogen-bond donors (Lipinski definition) is 0. The molecule has 0 aromatic heterocycles. The Morgan fingerprint density at radius 3 is 2.45 bits per heavy atom. The molecule has 3 heterocycles. The normalized spacial score (nSPS) is 38.9. The number of piperidine rings is 1. The first kappa shape index (κ1) is 14.0. The van der Waals surface area contributed by atoms with Crippen molar-refractivity contribution in [2.45, 2.75) is 57.2 Å². The third-order valence-corrected chi connectivity index (χ3v) is 6.23. The Morgan fingerprint density at radius 2 is 1.75 bits per heavy atom. The molecule has 2 atom stereocenters. The summed E-state index contributed by atoms with van der Waals surface area (Å²) in [7, 11) is -0.738. The van der Waals surface area contributed by atoms with Gasteiger partial charge in [-0.25, -0.2) is 0 Å². The number of carbonyl (C=O) groups excluding carboxylic acids is 2. The summed E-state index contributed by atoms with van der Waals surface area (Å²) in [6.07, 6.45) is 4.36. The molecule has 3 aliphatic heterocycles. The molecule has 6 heteroatoms. The van der Waals surface area contributed by atoms with Gasteiger partial charge in [0.05, 0.1) is 0 Å². The molecule has 0 N–H and O–H groups in total. The van der Waals surface area contributed by atoms with Crippen LogP contribution in [-0.2, 0) is 20.4 Å². The molecule has 3 fully saturated rings. The third kappa shape index (κ3) is 2.28. The van der Waals surface area contributed by atoms with E-state index >= 15 is 0 Å². The highest BCUT2D eigenvalue weighted by Crippen LogP contribution is 2.30. The van der Waals surface area contributed by atoms with E-state index in [1.807, 2.05) is 11.8 Å². The highest BCUT2D eigenvalue weighted by Gasteiger charge is 2.47. The van der Waals surface area contributed by atoms with Gasteiger partial charge in [0.15, 0.2) is 0 Å². The van der Waals surface area contributed by atoms with E-state index in [9.17, 15) is 13.8 Å². The first-order valence-electron chi connectivity index (χ1n) is 7.57. The fourth-order valence-corrected chi connectivity index (χ4v) is 5.00. The van der Waals surface area contributed by atoms with Crippen LogP contribution in [0.4, 0.5) is 0 Å². The summed E-state index contributed by atoms with van der Waals surface area (Å²) < 4.78 is 11.5. The Morgan fingerprint density at radius 1 is 1.05 bits per heavy atom. The van der Waals surface area contributed by atoms with Gasteiger partial charge in [0, 0.05) is 34.9 Å². The summed E-state index contributed by atoms with van der Waals surface area (Å²) in [6, 6.07) is -0.489. The average Bonchev–Trinajstić information content (AvgIpc) is 2.47. The average molecular weight is 298 g/mol. The molecule has 0 spiro atoms. The Balaban J connectivity index is 1.81. The summed E-state index contributed by atoms with van der Waals surface area (Å²) >= 11 is 0. The lowest BCUT2D eigenvalue weighted by Crippen LogP contribution is -2.67. The minimum Gasteiger partial charge on any atom is -0.329 e. The van der Waals surface area contributed by atoms with Crippen LogP contribution in [-0.4, -0.2) is 62.0 Å². The summed E-state index contributed by atoms with van der Waals surface area (Å²) in [6.45, 7) is 2.57. The Labute approximate surface area is 122 Å². The quantitative estimate of drug-likeness (QED) is 0.709. The number of rotatable bonds is 1. The number of fused-ring (bicyclic) bond motifs is 1. The first-order chi connectivity index (χ1) is 9.59. The molecule has 5 nitrogen and oxygen atoms in total. The topological polar surface area (TPSA) is 57.7 Å². The highest BCUT2D eigenvalue weighted by molar-refractivity contribution is 7.85. The maximum absolute atomic E-state index is 12.8. The van der Waals surface area contributed by atoms with Gasteiger partial charge in [0.1, 0.15) is 12.1 Å². The van der Waals surface area contributed by atoms with Crippen molar-refractivity contribution in [2.24, 2.45) is 0 Å². The Bertz CT molecular complexity index is 444. The predicted octanol–water partition coefficient (Wildman–Crippen LogP) is 0.509. The number of nitrogens with zero attached hydrogens (tertiary/aromatic N) is 2. The van der Waals surface area contributed by atoms with Crippen molar-refractivity contribution < 1.29 is 13.8 Å². The minimum absolute atomic E-state index is 0.0981. The maximum Gasteiger partial charge on any atom is 0.246 e. The lowest BCUT2D eigenvalue weighted by atomic mass is 9.93. The summed E-state index contributed by atoms with van der Waals surface area (Å²) in [5, 5.41) is 0. The van der Waals surface area contributed by atoms with Gasteiger partial charge in [-0.1, -0.05) is 0 Å². The third-order valence-electron chi connectivity index (χ3n) is 4.85.